The number of alkyl halides is 2. The first-order chi connectivity index (χ1) is 31.8. The van der Waals surface area contributed by atoms with Gasteiger partial charge in [0.15, 0.2) is 5.82 Å². The molecule has 17 nitrogen and oxygen atoms in total. The second-order valence-electron chi connectivity index (χ2n) is 17.4. The summed E-state index contributed by atoms with van der Waals surface area (Å²) in [6.07, 6.45) is 10.8. The lowest BCUT2D eigenvalue weighted by molar-refractivity contribution is -0.160. The third-order valence-electron chi connectivity index (χ3n) is 13.2. The molecule has 2 aromatic heterocycles. The number of Topliss-reactive ketones (excluding diaryl/α,β-unsaturated/α-hetero) is 1. The minimum atomic E-state index is -4.19. The van der Waals surface area contributed by atoms with E-state index in [4.69, 9.17) is 0 Å². The number of benzene rings is 1. The van der Waals surface area contributed by atoms with Crippen molar-refractivity contribution in [3.8, 4) is 0 Å². The summed E-state index contributed by atoms with van der Waals surface area (Å²) in [7, 11) is -2.92. The number of allylic oxidation sites excluding steroid dienone is 4. The number of anilines is 2. The number of fused-ring (bicyclic) bond motifs is 1. The van der Waals surface area contributed by atoms with Crippen LogP contribution in [0.1, 0.15) is 71.8 Å². The van der Waals surface area contributed by atoms with Crippen LogP contribution in [0, 0.1) is 17.6 Å². The van der Waals surface area contributed by atoms with Crippen molar-refractivity contribution in [1.29, 1.82) is 0 Å². The third kappa shape index (κ3) is 9.70. The Morgan fingerprint density at radius 3 is 2.40 bits per heavy atom. The Kier molecular flexibility index (Phi) is 13.4. The number of amides is 3. The third-order valence-corrected chi connectivity index (χ3v) is 14.8. The van der Waals surface area contributed by atoms with E-state index in [2.05, 4.69) is 31.6 Å². The van der Waals surface area contributed by atoms with Gasteiger partial charge in [-0.05, 0) is 55.0 Å². The van der Waals surface area contributed by atoms with E-state index < -0.39 is 81.2 Å². The highest BCUT2D eigenvalue weighted by molar-refractivity contribution is 7.90. The van der Waals surface area contributed by atoms with Gasteiger partial charge in [0.05, 0.1) is 42.6 Å². The second-order valence-corrected chi connectivity index (χ2v) is 19.2. The number of nitrogens with one attached hydrogen (secondary N) is 3. The smallest absolute Gasteiger partial charge is 0.301 e. The number of H-pyrrole nitrogens is 1. The average molecular weight is 951 g/mol. The number of carbonyl (C=O) groups excluding carboxylic acids is 5. The zero-order valence-electron chi connectivity index (χ0n) is 36.9. The number of piperidine rings is 3. The quantitative estimate of drug-likeness (QED) is 0.128. The highest BCUT2D eigenvalue weighted by atomic mass is 32.2. The Hall–Kier alpha value is -6.10. The number of likely N-dealkylation sites (tertiary alicyclic amines) is 1. The molecule has 3 amide bonds. The maximum absolute atomic E-state index is 15.8. The largest absolute Gasteiger partial charge is 0.360 e. The normalized spacial score (nSPS) is 22.1. The fourth-order valence-corrected chi connectivity index (χ4v) is 10.2. The van der Waals surface area contributed by atoms with Crippen molar-refractivity contribution in [1.82, 2.24) is 39.3 Å². The number of halogens is 4. The van der Waals surface area contributed by atoms with Gasteiger partial charge in [0.2, 0.25) is 29.5 Å². The summed E-state index contributed by atoms with van der Waals surface area (Å²) < 4.78 is 90.5. The van der Waals surface area contributed by atoms with Crippen LogP contribution in [-0.2, 0) is 29.4 Å². The zero-order chi connectivity index (χ0) is 47.9. The molecule has 8 rings (SSSR count). The molecule has 4 saturated heterocycles. The van der Waals surface area contributed by atoms with E-state index in [0.29, 0.717) is 54.3 Å². The summed E-state index contributed by atoms with van der Waals surface area (Å²) in [4.78, 5) is 82.5. The van der Waals surface area contributed by atoms with Crippen molar-refractivity contribution in [2.75, 3.05) is 75.6 Å². The Morgan fingerprint density at radius 2 is 1.73 bits per heavy atom. The Bertz CT molecular complexity index is 2680. The molecule has 3 N–H and O–H groups in total. The highest BCUT2D eigenvalue weighted by Crippen LogP contribution is 2.36. The maximum atomic E-state index is 15.8. The fourth-order valence-electron chi connectivity index (χ4n) is 9.30. The SMILES string of the molecule is C=C1C=CC(c2cnc(N3CCC(C(=O)CN4CCC(N5CCN(C6CCC(=O)NC6=O)C(=O)C5)C(F)(F)C4)CC3)nc2)=Cc2c(C(=O)c3c(F)ccc(NS(=O)(=O)N(C)CC)c3F)c[nH]c21. The van der Waals surface area contributed by atoms with Crippen molar-refractivity contribution < 1.29 is 50.0 Å². The summed E-state index contributed by atoms with van der Waals surface area (Å²) in [6.45, 7) is 6.09. The van der Waals surface area contributed by atoms with Crippen molar-refractivity contribution in [3.05, 3.63) is 89.0 Å². The van der Waals surface area contributed by atoms with Crippen LogP contribution in [0.15, 0.2) is 49.5 Å². The maximum Gasteiger partial charge on any atom is 0.301 e. The van der Waals surface area contributed by atoms with Crippen molar-refractivity contribution >= 4 is 68.4 Å². The van der Waals surface area contributed by atoms with Gasteiger partial charge in [0.1, 0.15) is 17.6 Å². The standard InChI is InChI=1S/C45H50F4N10O7S/c1-4-55(3)67(65,66)54-33-8-7-32(46)39(40(33)47)42(63)31-22-50-41-26(2)5-6-28(19-30(31)41)29-20-51-44(52-21-29)57-15-11-27(12-16-57)35(60)23-56-14-13-36(45(48,49)25-56)58-17-18-59(38(62)24-58)34-9-10-37(61)53-43(34)64/h5-8,19-22,27,34,36,50,54H,2,4,9-18,23-25H2,1,3H3,(H,53,61,64). The van der Waals surface area contributed by atoms with Crippen LogP contribution >= 0.6 is 0 Å². The van der Waals surface area contributed by atoms with E-state index in [9.17, 15) is 32.4 Å². The Morgan fingerprint density at radius 1 is 1.00 bits per heavy atom. The van der Waals surface area contributed by atoms with Gasteiger partial charge in [0.25, 0.3) is 5.92 Å². The van der Waals surface area contributed by atoms with E-state index in [1.54, 1.807) is 37.5 Å². The molecule has 1 aromatic carbocycles. The summed E-state index contributed by atoms with van der Waals surface area (Å²) >= 11 is 0. The van der Waals surface area contributed by atoms with Crippen molar-refractivity contribution in [2.24, 2.45) is 5.92 Å². The van der Waals surface area contributed by atoms with E-state index in [1.807, 2.05) is 4.90 Å². The molecule has 2 unspecified atom stereocenters. The van der Waals surface area contributed by atoms with Gasteiger partial charge in [-0.25, -0.2) is 27.5 Å². The summed E-state index contributed by atoms with van der Waals surface area (Å²) in [5.74, 6) is -8.25. The first-order valence-corrected chi connectivity index (χ1v) is 23.4. The first kappa shape index (κ1) is 47.4. The predicted molar refractivity (Wildman–Crippen MR) is 239 cm³/mol. The Labute approximate surface area is 384 Å². The minimum Gasteiger partial charge on any atom is -0.360 e. The van der Waals surface area contributed by atoms with E-state index >= 15 is 17.6 Å². The number of imide groups is 1. The number of nitrogens with zero attached hydrogens (tertiary/aromatic N) is 7. The zero-order valence-corrected chi connectivity index (χ0v) is 37.7. The molecule has 6 heterocycles. The minimum absolute atomic E-state index is 0.0601. The molecular formula is C45H50F4N10O7S. The van der Waals surface area contributed by atoms with Crippen LogP contribution in [-0.4, -0.2) is 156 Å². The molecule has 5 aliphatic rings. The number of rotatable bonds is 13. The topological polar surface area (TPSA) is 201 Å². The monoisotopic (exact) mass is 950 g/mol. The number of hydrogen-bond donors (Lipinski definition) is 3. The number of carbonyl (C=O) groups is 5. The van der Waals surface area contributed by atoms with Gasteiger partial charge in [-0.2, -0.15) is 12.7 Å². The number of hydrogen-bond acceptors (Lipinski definition) is 12. The van der Waals surface area contributed by atoms with Gasteiger partial charge < -0.3 is 14.8 Å². The van der Waals surface area contributed by atoms with Gasteiger partial charge in [-0.3, -0.25) is 43.8 Å². The molecule has 4 aliphatic heterocycles. The average Bonchev–Trinajstić information content (AvgIpc) is 3.64. The van der Waals surface area contributed by atoms with Gasteiger partial charge in [-0.15, -0.1) is 0 Å². The lowest BCUT2D eigenvalue weighted by Crippen LogP contribution is -2.65. The molecule has 0 saturated carbocycles. The van der Waals surface area contributed by atoms with Crippen LogP contribution in [0.5, 0.6) is 0 Å². The first-order valence-electron chi connectivity index (χ1n) is 22.0. The molecule has 67 heavy (non-hydrogen) atoms. The van der Waals surface area contributed by atoms with Crippen LogP contribution in [0.3, 0.4) is 0 Å². The lowest BCUT2D eigenvalue weighted by Gasteiger charge is -2.47. The Balaban J connectivity index is 0.866. The van der Waals surface area contributed by atoms with Gasteiger partial charge >= 0.3 is 10.2 Å². The van der Waals surface area contributed by atoms with Crippen LogP contribution < -0.4 is 14.9 Å². The van der Waals surface area contributed by atoms with E-state index in [-0.39, 0.29) is 81.4 Å². The lowest BCUT2D eigenvalue weighted by atomic mass is 9.91. The van der Waals surface area contributed by atoms with Crippen molar-refractivity contribution in [3.63, 3.8) is 0 Å². The molecule has 2 atom stereocenters. The molecule has 0 spiro atoms. The number of piperazine rings is 1. The number of aromatic amines is 1. The molecule has 4 fully saturated rings. The molecule has 1 aliphatic carbocycles. The van der Waals surface area contributed by atoms with Gasteiger partial charge in [0, 0.05) is 93.9 Å². The van der Waals surface area contributed by atoms with Crippen LogP contribution in [0.2, 0.25) is 0 Å². The number of aromatic nitrogens is 3. The molecule has 22 heteroatoms. The van der Waals surface area contributed by atoms with Crippen LogP contribution in [0.25, 0.3) is 17.2 Å². The summed E-state index contributed by atoms with van der Waals surface area (Å²) in [6, 6.07) is -0.273. The predicted octanol–water partition coefficient (Wildman–Crippen LogP) is 3.49. The molecule has 0 bridgehead atoms. The molecular weight excluding hydrogens is 901 g/mol. The second kappa shape index (κ2) is 18.9. The number of ketones is 2. The molecule has 356 valence electrons. The highest BCUT2D eigenvalue weighted by Gasteiger charge is 2.50. The summed E-state index contributed by atoms with van der Waals surface area (Å²) in [5.41, 5.74) is 0.622. The summed E-state index contributed by atoms with van der Waals surface area (Å²) in [5, 5.41) is 2.24. The van der Waals surface area contributed by atoms with Crippen molar-refractivity contribution in [2.45, 2.75) is 57.0 Å². The molecule has 0 radical (unpaired) electrons. The molecule has 3 aromatic rings. The van der Waals surface area contributed by atoms with E-state index in [0.717, 1.165) is 16.4 Å². The van der Waals surface area contributed by atoms with Crippen LogP contribution in [0.4, 0.5) is 29.2 Å². The van der Waals surface area contributed by atoms with E-state index in [1.165, 1.54) is 27.9 Å². The fraction of sp³-hybridized carbons (Fsp3) is 0.444. The van der Waals surface area contributed by atoms with Gasteiger partial charge in [-0.1, -0.05) is 25.7 Å².